The third-order valence-electron chi connectivity index (χ3n) is 6.85. The smallest absolute Gasteiger partial charge is 0.290 e. The highest BCUT2D eigenvalue weighted by Crippen LogP contribution is 2.48. The van der Waals surface area contributed by atoms with E-state index in [1.54, 1.807) is 13.2 Å². The summed E-state index contributed by atoms with van der Waals surface area (Å²) in [6, 6.07) is 12.8. The number of rotatable bonds is 3. The molecule has 7 heteroatoms. The molecular formula is C24H23NO6. The summed E-state index contributed by atoms with van der Waals surface area (Å²) >= 11 is 0. The molecule has 7 nitrogen and oxygen atoms in total. The molecule has 2 saturated heterocycles. The Morgan fingerprint density at radius 3 is 2.61 bits per heavy atom. The molecule has 2 bridgehead atoms. The lowest BCUT2D eigenvalue weighted by Gasteiger charge is -2.43. The number of aliphatic hydroxyl groups is 1. The SMILES string of the molecule is COc1ccc2oc(C(=O)N3C4CCC3CC(O)(c3ccc5c(c3)OCO5)C4)cc2c1. The maximum atomic E-state index is 13.4. The largest absolute Gasteiger partial charge is 0.497 e. The molecule has 0 aliphatic carbocycles. The molecular weight excluding hydrogens is 398 g/mol. The van der Waals surface area contributed by atoms with Crippen LogP contribution in [-0.4, -0.2) is 41.9 Å². The lowest BCUT2D eigenvalue weighted by atomic mass is 9.80. The van der Waals surface area contributed by atoms with Gasteiger partial charge in [0.05, 0.1) is 12.7 Å². The number of fused-ring (bicyclic) bond motifs is 4. The highest BCUT2D eigenvalue weighted by atomic mass is 16.7. The predicted molar refractivity (Wildman–Crippen MR) is 111 cm³/mol. The fourth-order valence-corrected chi connectivity index (χ4v) is 5.36. The topological polar surface area (TPSA) is 81.4 Å². The second-order valence-electron chi connectivity index (χ2n) is 8.62. The van der Waals surface area contributed by atoms with E-state index in [-0.39, 0.29) is 24.8 Å². The normalized spacial score (nSPS) is 26.5. The number of hydrogen-bond acceptors (Lipinski definition) is 6. The van der Waals surface area contributed by atoms with Gasteiger partial charge in [-0.3, -0.25) is 4.79 Å². The molecule has 2 unspecified atom stereocenters. The quantitative estimate of drug-likeness (QED) is 0.692. The van der Waals surface area contributed by atoms with Crippen molar-refractivity contribution in [2.45, 2.75) is 43.4 Å². The Morgan fingerprint density at radius 1 is 1.06 bits per heavy atom. The summed E-state index contributed by atoms with van der Waals surface area (Å²) < 4.78 is 22.0. The Labute approximate surface area is 179 Å². The minimum atomic E-state index is -0.995. The summed E-state index contributed by atoms with van der Waals surface area (Å²) in [7, 11) is 1.61. The van der Waals surface area contributed by atoms with E-state index in [0.29, 0.717) is 35.7 Å². The Hall–Kier alpha value is -3.19. The average Bonchev–Trinajstić information content (AvgIpc) is 3.48. The lowest BCUT2D eigenvalue weighted by Crippen LogP contribution is -2.51. The van der Waals surface area contributed by atoms with Gasteiger partial charge in [0, 0.05) is 30.3 Å². The number of carbonyl (C=O) groups is 1. The molecule has 2 fully saturated rings. The van der Waals surface area contributed by atoms with Crippen LogP contribution in [0.25, 0.3) is 11.0 Å². The van der Waals surface area contributed by atoms with E-state index in [2.05, 4.69) is 0 Å². The van der Waals surface area contributed by atoms with E-state index in [1.165, 1.54) is 0 Å². The second-order valence-corrected chi connectivity index (χ2v) is 8.62. The third kappa shape index (κ3) is 2.87. The van der Waals surface area contributed by atoms with Gasteiger partial charge in [-0.05, 0) is 54.8 Å². The van der Waals surface area contributed by atoms with Crippen LogP contribution in [0.3, 0.4) is 0 Å². The number of hydrogen-bond donors (Lipinski definition) is 1. The first-order valence-corrected chi connectivity index (χ1v) is 10.6. The molecule has 1 amide bonds. The van der Waals surface area contributed by atoms with Gasteiger partial charge in [-0.1, -0.05) is 6.07 Å². The van der Waals surface area contributed by atoms with Crippen LogP contribution in [0.15, 0.2) is 46.9 Å². The highest BCUT2D eigenvalue weighted by molar-refractivity contribution is 5.97. The number of benzene rings is 2. The van der Waals surface area contributed by atoms with Gasteiger partial charge < -0.3 is 28.6 Å². The van der Waals surface area contributed by atoms with Crippen molar-refractivity contribution in [1.29, 1.82) is 0 Å². The van der Waals surface area contributed by atoms with E-state index < -0.39 is 5.60 Å². The molecule has 0 spiro atoms. The first-order chi connectivity index (χ1) is 15.0. The number of furan rings is 1. The van der Waals surface area contributed by atoms with E-state index in [4.69, 9.17) is 18.6 Å². The van der Waals surface area contributed by atoms with Gasteiger partial charge in [0.1, 0.15) is 11.3 Å². The fourth-order valence-electron chi connectivity index (χ4n) is 5.36. The van der Waals surface area contributed by atoms with Crippen molar-refractivity contribution in [3.63, 3.8) is 0 Å². The number of methoxy groups -OCH3 is 1. The van der Waals surface area contributed by atoms with Crippen LogP contribution in [0.5, 0.6) is 17.2 Å². The molecule has 1 N–H and O–H groups in total. The van der Waals surface area contributed by atoms with Crippen LogP contribution in [0.2, 0.25) is 0 Å². The Bertz CT molecular complexity index is 1170. The Kier molecular flexibility index (Phi) is 3.99. The molecule has 1 aromatic heterocycles. The van der Waals surface area contributed by atoms with Crippen molar-refractivity contribution >= 4 is 16.9 Å². The minimum absolute atomic E-state index is 0.0376. The average molecular weight is 421 g/mol. The van der Waals surface area contributed by atoms with Gasteiger partial charge >= 0.3 is 0 Å². The molecule has 2 aromatic carbocycles. The van der Waals surface area contributed by atoms with Gasteiger partial charge in [0.15, 0.2) is 17.3 Å². The van der Waals surface area contributed by atoms with Crippen LogP contribution < -0.4 is 14.2 Å². The molecule has 2 atom stereocenters. The van der Waals surface area contributed by atoms with Gasteiger partial charge in [0.2, 0.25) is 6.79 Å². The monoisotopic (exact) mass is 421 g/mol. The molecule has 0 saturated carbocycles. The van der Waals surface area contributed by atoms with Gasteiger partial charge in [-0.25, -0.2) is 0 Å². The van der Waals surface area contributed by atoms with Crippen LogP contribution in [0, 0.1) is 0 Å². The van der Waals surface area contributed by atoms with Crippen molar-refractivity contribution in [3.8, 4) is 17.2 Å². The summed E-state index contributed by atoms with van der Waals surface area (Å²) in [6.07, 6.45) is 2.72. The molecule has 6 rings (SSSR count). The summed E-state index contributed by atoms with van der Waals surface area (Å²) in [4.78, 5) is 15.3. The summed E-state index contributed by atoms with van der Waals surface area (Å²) in [6.45, 7) is 0.202. The number of carbonyl (C=O) groups excluding carboxylic acids is 1. The highest BCUT2D eigenvalue weighted by Gasteiger charge is 2.50. The zero-order valence-electron chi connectivity index (χ0n) is 17.2. The zero-order valence-corrected chi connectivity index (χ0v) is 17.2. The van der Waals surface area contributed by atoms with Crippen LogP contribution in [0.1, 0.15) is 41.8 Å². The number of ether oxygens (including phenoxy) is 3. The van der Waals surface area contributed by atoms with Crippen molar-refractivity contribution in [2.24, 2.45) is 0 Å². The van der Waals surface area contributed by atoms with Crippen LogP contribution >= 0.6 is 0 Å². The van der Waals surface area contributed by atoms with E-state index in [9.17, 15) is 9.90 Å². The summed E-state index contributed by atoms with van der Waals surface area (Å²) in [5, 5.41) is 12.4. The van der Waals surface area contributed by atoms with Crippen molar-refractivity contribution in [2.75, 3.05) is 13.9 Å². The first kappa shape index (κ1) is 18.6. The minimum Gasteiger partial charge on any atom is -0.497 e. The van der Waals surface area contributed by atoms with Gasteiger partial charge in [0.25, 0.3) is 5.91 Å². The summed E-state index contributed by atoms with van der Waals surface area (Å²) in [5.41, 5.74) is 0.479. The number of amides is 1. The maximum Gasteiger partial charge on any atom is 0.290 e. The van der Waals surface area contributed by atoms with Gasteiger partial charge in [-0.15, -0.1) is 0 Å². The van der Waals surface area contributed by atoms with Crippen LogP contribution in [0.4, 0.5) is 0 Å². The molecule has 31 heavy (non-hydrogen) atoms. The standard InChI is InChI=1S/C24H23NO6/c1-28-18-5-7-19-14(8-18)9-22(31-19)23(26)25-16-3-4-17(25)12-24(27,11-16)15-2-6-20-21(10-15)30-13-29-20/h2,5-10,16-17,27H,3-4,11-13H2,1H3. The second kappa shape index (κ2) is 6.65. The lowest BCUT2D eigenvalue weighted by molar-refractivity contribution is -0.0486. The number of nitrogens with zero attached hydrogens (tertiary/aromatic N) is 1. The van der Waals surface area contributed by atoms with Crippen molar-refractivity contribution < 1.29 is 28.5 Å². The van der Waals surface area contributed by atoms with Crippen molar-refractivity contribution in [3.05, 3.63) is 53.8 Å². The molecule has 3 aliphatic rings. The Morgan fingerprint density at radius 2 is 1.84 bits per heavy atom. The predicted octanol–water partition coefficient (Wildman–Crippen LogP) is 3.82. The Balaban J connectivity index is 1.27. The molecule has 3 aromatic rings. The first-order valence-electron chi connectivity index (χ1n) is 10.6. The van der Waals surface area contributed by atoms with Gasteiger partial charge in [-0.2, -0.15) is 0 Å². The molecule has 4 heterocycles. The maximum absolute atomic E-state index is 13.4. The fraction of sp³-hybridized carbons (Fsp3) is 0.375. The van der Waals surface area contributed by atoms with Crippen molar-refractivity contribution in [1.82, 2.24) is 4.90 Å². The summed E-state index contributed by atoms with van der Waals surface area (Å²) in [5.74, 6) is 2.29. The zero-order chi connectivity index (χ0) is 21.2. The number of piperidine rings is 1. The third-order valence-corrected chi connectivity index (χ3v) is 6.85. The van der Waals surface area contributed by atoms with E-state index in [0.717, 1.165) is 29.5 Å². The molecule has 3 aliphatic heterocycles. The van der Waals surface area contributed by atoms with E-state index in [1.807, 2.05) is 41.3 Å². The molecule has 0 radical (unpaired) electrons. The van der Waals surface area contributed by atoms with E-state index >= 15 is 0 Å². The molecule has 160 valence electrons. The van der Waals surface area contributed by atoms with Crippen LogP contribution in [-0.2, 0) is 5.60 Å².